The predicted octanol–water partition coefficient (Wildman–Crippen LogP) is 2.73. The Morgan fingerprint density at radius 1 is 1.16 bits per heavy atom. The van der Waals surface area contributed by atoms with Crippen molar-refractivity contribution in [2.45, 2.75) is 12.6 Å². The first kappa shape index (κ1) is 15.3. The topological polar surface area (TPSA) is 55.8 Å². The monoisotopic (exact) mass is 278 g/mol. The molecule has 4 nitrogen and oxygen atoms in total. The summed E-state index contributed by atoms with van der Waals surface area (Å²) in [7, 11) is 0. The summed E-state index contributed by atoms with van der Waals surface area (Å²) >= 11 is 0. The van der Waals surface area contributed by atoms with Crippen molar-refractivity contribution in [1.82, 2.24) is 0 Å². The molecule has 0 heterocycles. The summed E-state index contributed by atoms with van der Waals surface area (Å²) in [6.07, 6.45) is -4.00. The number of alkyl halides is 3. The van der Waals surface area contributed by atoms with Gasteiger partial charge in [0.2, 0.25) is 0 Å². The molecule has 1 aromatic carbocycles. The zero-order chi connectivity index (χ0) is 14.3. The molecule has 0 amide bonds. The van der Waals surface area contributed by atoms with Gasteiger partial charge in [-0.3, -0.25) is 0 Å². The molecule has 0 fully saturated rings. The minimum absolute atomic E-state index is 0.0489. The Kier molecular flexibility index (Phi) is 5.62. The lowest BCUT2D eigenvalue weighted by molar-refractivity contribution is -0.174. The van der Waals surface area contributed by atoms with E-state index in [2.05, 4.69) is 4.74 Å². The van der Waals surface area contributed by atoms with E-state index in [1.165, 1.54) is 24.3 Å². The number of aromatic carboxylic acids is 1. The molecule has 0 saturated heterocycles. The van der Waals surface area contributed by atoms with Crippen LogP contribution in [0.2, 0.25) is 0 Å². The van der Waals surface area contributed by atoms with Crippen LogP contribution < -0.4 is 4.74 Å². The van der Waals surface area contributed by atoms with Gasteiger partial charge in [0, 0.05) is 6.42 Å². The highest BCUT2D eigenvalue weighted by atomic mass is 19.4. The van der Waals surface area contributed by atoms with Crippen molar-refractivity contribution in [1.29, 1.82) is 0 Å². The summed E-state index contributed by atoms with van der Waals surface area (Å²) in [6.45, 7) is -1.11. The molecule has 1 aromatic rings. The standard InChI is InChI=1S/C12H13F3O4/c13-12(14,15)8-18-6-1-7-19-10-4-2-9(3-5-10)11(16)17/h2-5H,1,6-8H2,(H,16,17). The second-order valence-electron chi connectivity index (χ2n) is 3.70. The van der Waals surface area contributed by atoms with Crippen molar-refractivity contribution in [3.63, 3.8) is 0 Å². The number of benzene rings is 1. The molecular weight excluding hydrogens is 265 g/mol. The maximum atomic E-state index is 11.7. The van der Waals surface area contributed by atoms with Gasteiger partial charge in [0.15, 0.2) is 0 Å². The van der Waals surface area contributed by atoms with Gasteiger partial charge < -0.3 is 14.6 Å². The lowest BCUT2D eigenvalue weighted by Crippen LogP contribution is -2.18. The van der Waals surface area contributed by atoms with Crippen molar-refractivity contribution in [3.05, 3.63) is 29.8 Å². The molecule has 0 aromatic heterocycles. The molecule has 0 spiro atoms. The van der Waals surface area contributed by atoms with E-state index in [9.17, 15) is 18.0 Å². The van der Waals surface area contributed by atoms with Gasteiger partial charge in [0.05, 0.1) is 18.8 Å². The fraction of sp³-hybridized carbons (Fsp3) is 0.417. The molecule has 0 aliphatic heterocycles. The Labute approximate surface area is 107 Å². The molecule has 0 unspecified atom stereocenters. The third-order valence-corrected chi connectivity index (χ3v) is 2.07. The van der Waals surface area contributed by atoms with Gasteiger partial charge in [0.1, 0.15) is 12.4 Å². The van der Waals surface area contributed by atoms with E-state index < -0.39 is 18.8 Å². The van der Waals surface area contributed by atoms with Crippen LogP contribution in [-0.2, 0) is 4.74 Å². The van der Waals surface area contributed by atoms with Crippen LogP contribution in [0.25, 0.3) is 0 Å². The minimum Gasteiger partial charge on any atom is -0.494 e. The van der Waals surface area contributed by atoms with Crippen molar-refractivity contribution in [3.8, 4) is 5.75 Å². The Morgan fingerprint density at radius 2 is 1.79 bits per heavy atom. The van der Waals surface area contributed by atoms with Gasteiger partial charge in [-0.15, -0.1) is 0 Å². The van der Waals surface area contributed by atoms with E-state index in [1.54, 1.807) is 0 Å². The molecule has 106 valence electrons. The van der Waals surface area contributed by atoms with Crippen molar-refractivity contribution < 1.29 is 32.5 Å². The number of hydrogen-bond acceptors (Lipinski definition) is 3. The van der Waals surface area contributed by atoms with E-state index in [0.29, 0.717) is 12.2 Å². The second-order valence-corrected chi connectivity index (χ2v) is 3.70. The zero-order valence-corrected chi connectivity index (χ0v) is 9.94. The van der Waals surface area contributed by atoms with Crippen LogP contribution in [0.5, 0.6) is 5.75 Å². The van der Waals surface area contributed by atoms with E-state index in [-0.39, 0.29) is 18.8 Å². The van der Waals surface area contributed by atoms with Crippen LogP contribution in [0, 0.1) is 0 Å². The van der Waals surface area contributed by atoms with E-state index in [1.807, 2.05) is 0 Å². The number of halogens is 3. The zero-order valence-electron chi connectivity index (χ0n) is 9.94. The average molecular weight is 278 g/mol. The lowest BCUT2D eigenvalue weighted by Gasteiger charge is -2.08. The molecule has 7 heteroatoms. The minimum atomic E-state index is -4.31. The van der Waals surface area contributed by atoms with Crippen LogP contribution in [0.3, 0.4) is 0 Å². The van der Waals surface area contributed by atoms with Crippen molar-refractivity contribution >= 4 is 5.97 Å². The van der Waals surface area contributed by atoms with Crippen LogP contribution in [0.4, 0.5) is 13.2 Å². The molecular formula is C12H13F3O4. The molecule has 0 atom stereocenters. The van der Waals surface area contributed by atoms with E-state index in [0.717, 1.165) is 0 Å². The maximum absolute atomic E-state index is 11.7. The predicted molar refractivity (Wildman–Crippen MR) is 60.4 cm³/mol. The third-order valence-electron chi connectivity index (χ3n) is 2.07. The average Bonchev–Trinajstić information content (AvgIpc) is 2.33. The quantitative estimate of drug-likeness (QED) is 0.779. The molecule has 1 rings (SSSR count). The van der Waals surface area contributed by atoms with Gasteiger partial charge >= 0.3 is 12.1 Å². The summed E-state index contributed by atoms with van der Waals surface area (Å²) in [5, 5.41) is 8.67. The van der Waals surface area contributed by atoms with Gasteiger partial charge in [-0.05, 0) is 24.3 Å². The van der Waals surface area contributed by atoms with E-state index in [4.69, 9.17) is 9.84 Å². The van der Waals surface area contributed by atoms with Crippen molar-refractivity contribution in [2.24, 2.45) is 0 Å². The third kappa shape index (κ3) is 6.66. The number of carboxylic acid groups (broad SMARTS) is 1. The first-order valence-electron chi connectivity index (χ1n) is 5.49. The summed E-state index contributed by atoms with van der Waals surface area (Å²) in [4.78, 5) is 10.6. The number of carboxylic acids is 1. The number of carbonyl (C=O) groups is 1. The highest BCUT2D eigenvalue weighted by Gasteiger charge is 2.27. The van der Waals surface area contributed by atoms with Crippen LogP contribution in [-0.4, -0.2) is 37.1 Å². The molecule has 0 aliphatic rings. The van der Waals surface area contributed by atoms with Gasteiger partial charge in [-0.1, -0.05) is 0 Å². The molecule has 0 bridgehead atoms. The lowest BCUT2D eigenvalue weighted by atomic mass is 10.2. The molecule has 0 radical (unpaired) electrons. The molecule has 0 aliphatic carbocycles. The molecule has 19 heavy (non-hydrogen) atoms. The number of ether oxygens (including phenoxy) is 2. The largest absolute Gasteiger partial charge is 0.494 e. The smallest absolute Gasteiger partial charge is 0.411 e. The number of rotatable bonds is 7. The fourth-order valence-corrected chi connectivity index (χ4v) is 1.23. The molecule has 0 saturated carbocycles. The molecule has 1 N–H and O–H groups in total. The highest BCUT2D eigenvalue weighted by Crippen LogP contribution is 2.15. The second kappa shape index (κ2) is 6.98. The van der Waals surface area contributed by atoms with E-state index >= 15 is 0 Å². The number of hydrogen-bond donors (Lipinski definition) is 1. The van der Waals surface area contributed by atoms with Crippen LogP contribution in [0.1, 0.15) is 16.8 Å². The SMILES string of the molecule is O=C(O)c1ccc(OCCCOCC(F)(F)F)cc1. The van der Waals surface area contributed by atoms with Crippen molar-refractivity contribution in [2.75, 3.05) is 19.8 Å². The van der Waals surface area contributed by atoms with Gasteiger partial charge in [-0.2, -0.15) is 13.2 Å². The summed E-state index contributed by atoms with van der Waals surface area (Å²) in [5.41, 5.74) is 0.140. The van der Waals surface area contributed by atoms with Crippen LogP contribution in [0.15, 0.2) is 24.3 Å². The first-order valence-corrected chi connectivity index (χ1v) is 5.49. The van der Waals surface area contributed by atoms with Crippen LogP contribution >= 0.6 is 0 Å². The summed E-state index contributed by atoms with van der Waals surface area (Å²) in [5.74, 6) is -0.576. The summed E-state index contributed by atoms with van der Waals surface area (Å²) in [6, 6.07) is 5.75. The normalized spacial score (nSPS) is 11.3. The Hall–Kier alpha value is -1.76. The fourth-order valence-electron chi connectivity index (χ4n) is 1.23. The highest BCUT2D eigenvalue weighted by molar-refractivity contribution is 5.87. The maximum Gasteiger partial charge on any atom is 0.411 e. The first-order chi connectivity index (χ1) is 8.88. The van der Waals surface area contributed by atoms with Gasteiger partial charge in [-0.25, -0.2) is 4.79 Å². The summed E-state index contributed by atoms with van der Waals surface area (Å²) < 4.78 is 44.8. The van der Waals surface area contributed by atoms with Gasteiger partial charge in [0.25, 0.3) is 0 Å². The Bertz CT molecular complexity index is 400. The Morgan fingerprint density at radius 3 is 2.32 bits per heavy atom. The Balaban J connectivity index is 2.17.